The van der Waals surface area contributed by atoms with E-state index in [2.05, 4.69) is 41.3 Å². The van der Waals surface area contributed by atoms with Crippen molar-refractivity contribution in [3.8, 4) is 0 Å². The van der Waals surface area contributed by atoms with E-state index >= 15 is 0 Å². The van der Waals surface area contributed by atoms with Crippen LogP contribution in [0.5, 0.6) is 0 Å². The smallest absolute Gasteiger partial charge is 0.241 e. The highest BCUT2D eigenvalue weighted by Gasteiger charge is 2.31. The molecule has 0 bridgehead atoms. The van der Waals surface area contributed by atoms with E-state index in [1.807, 2.05) is 12.1 Å². The number of benzene rings is 1. The lowest BCUT2D eigenvalue weighted by Gasteiger charge is -2.36. The Hall–Kier alpha value is -1.39. The van der Waals surface area contributed by atoms with Gasteiger partial charge in [0.25, 0.3) is 0 Å². The fourth-order valence-corrected chi connectivity index (χ4v) is 3.84. The number of para-hydroxylation sites is 1. The summed E-state index contributed by atoms with van der Waals surface area (Å²) >= 11 is 0. The maximum atomic E-state index is 12.6. The summed E-state index contributed by atoms with van der Waals surface area (Å²) in [5.74, 6) is 1.00. The Morgan fingerprint density at radius 1 is 1.17 bits per heavy atom. The van der Waals surface area contributed by atoms with Gasteiger partial charge in [0.2, 0.25) is 5.91 Å². The molecule has 0 spiro atoms. The van der Waals surface area contributed by atoms with E-state index in [1.54, 1.807) is 0 Å². The van der Waals surface area contributed by atoms with Gasteiger partial charge in [0.15, 0.2) is 0 Å². The number of piperidine rings is 1. The zero-order chi connectivity index (χ0) is 16.2. The number of hydrogen-bond acceptors (Lipinski definition) is 3. The van der Waals surface area contributed by atoms with Gasteiger partial charge in [0.05, 0.1) is 6.04 Å². The molecule has 3 rings (SSSR count). The van der Waals surface area contributed by atoms with Gasteiger partial charge < -0.3 is 10.2 Å². The van der Waals surface area contributed by atoms with Crippen molar-refractivity contribution in [1.82, 2.24) is 9.80 Å². The largest absolute Gasteiger partial charge is 0.324 e. The SMILES string of the molecule is CN(C)CCC1CCN([C@@H]2CCc3ccccc3NC2=O)CC1. The van der Waals surface area contributed by atoms with Gasteiger partial charge in [-0.25, -0.2) is 0 Å². The number of amides is 1. The molecule has 0 saturated carbocycles. The topological polar surface area (TPSA) is 35.6 Å². The highest BCUT2D eigenvalue weighted by molar-refractivity contribution is 5.96. The number of aryl methyl sites for hydroxylation is 1. The van der Waals surface area contributed by atoms with Crippen LogP contribution in [-0.2, 0) is 11.2 Å². The molecule has 1 fully saturated rings. The van der Waals surface area contributed by atoms with E-state index in [1.165, 1.54) is 31.4 Å². The van der Waals surface area contributed by atoms with E-state index in [-0.39, 0.29) is 11.9 Å². The molecule has 0 unspecified atom stereocenters. The van der Waals surface area contributed by atoms with E-state index < -0.39 is 0 Å². The predicted octanol–water partition coefficient (Wildman–Crippen LogP) is 2.60. The van der Waals surface area contributed by atoms with Crippen molar-refractivity contribution < 1.29 is 4.79 Å². The summed E-state index contributed by atoms with van der Waals surface area (Å²) in [4.78, 5) is 17.3. The molecule has 4 heteroatoms. The third-order valence-corrected chi connectivity index (χ3v) is 5.34. The van der Waals surface area contributed by atoms with Crippen LogP contribution in [0.1, 0.15) is 31.2 Å². The Labute approximate surface area is 139 Å². The van der Waals surface area contributed by atoms with E-state index in [9.17, 15) is 4.79 Å². The van der Waals surface area contributed by atoms with Gasteiger partial charge in [0.1, 0.15) is 0 Å². The van der Waals surface area contributed by atoms with E-state index in [4.69, 9.17) is 0 Å². The molecule has 1 aromatic carbocycles. The first-order chi connectivity index (χ1) is 11.1. The van der Waals surface area contributed by atoms with Crippen LogP contribution in [0.2, 0.25) is 0 Å². The second kappa shape index (κ2) is 7.45. The van der Waals surface area contributed by atoms with Crippen LogP contribution in [0, 0.1) is 5.92 Å². The summed E-state index contributed by atoms with van der Waals surface area (Å²) < 4.78 is 0. The Morgan fingerprint density at radius 3 is 2.65 bits per heavy atom. The number of fused-ring (bicyclic) bond motifs is 1. The molecule has 1 aromatic rings. The average Bonchev–Trinajstić information content (AvgIpc) is 2.72. The summed E-state index contributed by atoms with van der Waals surface area (Å²) in [5, 5.41) is 3.13. The molecule has 0 radical (unpaired) electrons. The quantitative estimate of drug-likeness (QED) is 0.928. The standard InChI is InChI=1S/C19H29N3O/c1-21(2)12-9-15-10-13-22(14-11-15)18-8-7-16-5-3-4-6-17(16)20-19(18)23/h3-6,15,18H,7-14H2,1-2H3,(H,20,23)/t18-/m1/s1. The van der Waals surface area contributed by atoms with E-state index in [0.29, 0.717) is 0 Å². The first-order valence-electron chi connectivity index (χ1n) is 8.91. The summed E-state index contributed by atoms with van der Waals surface area (Å²) in [6.07, 6.45) is 5.66. The van der Waals surface area contributed by atoms with Crippen molar-refractivity contribution in [3.63, 3.8) is 0 Å². The summed E-state index contributed by atoms with van der Waals surface area (Å²) in [6, 6.07) is 8.24. The van der Waals surface area contributed by atoms with Crippen molar-refractivity contribution in [2.45, 2.75) is 38.1 Å². The molecule has 4 nitrogen and oxygen atoms in total. The van der Waals surface area contributed by atoms with Crippen molar-refractivity contribution in [2.75, 3.05) is 39.0 Å². The Kier molecular flexibility index (Phi) is 5.34. The normalized spacial score (nSPS) is 23.4. The maximum absolute atomic E-state index is 12.6. The predicted molar refractivity (Wildman–Crippen MR) is 94.6 cm³/mol. The number of carbonyl (C=O) groups excluding carboxylic acids is 1. The lowest BCUT2D eigenvalue weighted by atomic mass is 9.92. The first kappa shape index (κ1) is 16.5. The van der Waals surface area contributed by atoms with Crippen LogP contribution in [0.3, 0.4) is 0 Å². The molecule has 0 aromatic heterocycles. The van der Waals surface area contributed by atoms with Crippen LogP contribution < -0.4 is 5.32 Å². The van der Waals surface area contributed by atoms with Crippen LogP contribution in [-0.4, -0.2) is 55.5 Å². The van der Waals surface area contributed by atoms with E-state index in [0.717, 1.165) is 37.5 Å². The van der Waals surface area contributed by atoms with Gasteiger partial charge in [0, 0.05) is 5.69 Å². The molecular weight excluding hydrogens is 286 g/mol. The number of likely N-dealkylation sites (tertiary alicyclic amines) is 1. The number of hydrogen-bond donors (Lipinski definition) is 1. The molecule has 2 aliphatic heterocycles. The Morgan fingerprint density at radius 2 is 1.91 bits per heavy atom. The van der Waals surface area contributed by atoms with Gasteiger partial charge in [-0.2, -0.15) is 0 Å². The Balaban J connectivity index is 1.56. The van der Waals surface area contributed by atoms with Gasteiger partial charge in [-0.15, -0.1) is 0 Å². The monoisotopic (exact) mass is 315 g/mol. The average molecular weight is 315 g/mol. The lowest BCUT2D eigenvalue weighted by Crippen LogP contribution is -2.47. The lowest BCUT2D eigenvalue weighted by molar-refractivity contribution is -0.122. The van der Waals surface area contributed by atoms with Crippen molar-refractivity contribution in [3.05, 3.63) is 29.8 Å². The summed E-state index contributed by atoms with van der Waals surface area (Å²) in [7, 11) is 4.28. The van der Waals surface area contributed by atoms with Crippen LogP contribution in [0.4, 0.5) is 5.69 Å². The zero-order valence-electron chi connectivity index (χ0n) is 14.4. The minimum atomic E-state index is 0.0391. The van der Waals surface area contributed by atoms with Crippen molar-refractivity contribution >= 4 is 11.6 Å². The molecule has 126 valence electrons. The highest BCUT2D eigenvalue weighted by atomic mass is 16.2. The fourth-order valence-electron chi connectivity index (χ4n) is 3.84. The number of carbonyl (C=O) groups is 1. The minimum Gasteiger partial charge on any atom is -0.324 e. The van der Waals surface area contributed by atoms with Gasteiger partial charge in [-0.3, -0.25) is 9.69 Å². The maximum Gasteiger partial charge on any atom is 0.241 e. The first-order valence-corrected chi connectivity index (χ1v) is 8.91. The molecule has 1 amide bonds. The highest BCUT2D eigenvalue weighted by Crippen LogP contribution is 2.27. The zero-order valence-corrected chi connectivity index (χ0v) is 14.4. The minimum absolute atomic E-state index is 0.0391. The van der Waals surface area contributed by atoms with Gasteiger partial charge in [-0.05, 0) is 83.4 Å². The second-order valence-electron chi connectivity index (χ2n) is 7.27. The number of nitrogens with zero attached hydrogens (tertiary/aromatic N) is 2. The molecule has 2 aliphatic rings. The summed E-state index contributed by atoms with van der Waals surface area (Å²) in [6.45, 7) is 3.29. The van der Waals surface area contributed by atoms with Gasteiger partial charge >= 0.3 is 0 Å². The molecular formula is C19H29N3O. The third kappa shape index (κ3) is 4.12. The molecule has 1 saturated heterocycles. The summed E-state index contributed by atoms with van der Waals surface area (Å²) in [5.41, 5.74) is 2.27. The number of nitrogens with one attached hydrogen (secondary N) is 1. The molecule has 0 aliphatic carbocycles. The van der Waals surface area contributed by atoms with Crippen LogP contribution >= 0.6 is 0 Å². The van der Waals surface area contributed by atoms with Crippen molar-refractivity contribution in [1.29, 1.82) is 0 Å². The molecule has 23 heavy (non-hydrogen) atoms. The molecule has 2 heterocycles. The Bertz CT molecular complexity index is 535. The third-order valence-electron chi connectivity index (χ3n) is 5.34. The molecule has 1 atom stereocenters. The van der Waals surface area contributed by atoms with Crippen molar-refractivity contribution in [2.24, 2.45) is 5.92 Å². The fraction of sp³-hybridized carbons (Fsp3) is 0.632. The van der Waals surface area contributed by atoms with Crippen LogP contribution in [0.15, 0.2) is 24.3 Å². The van der Waals surface area contributed by atoms with Crippen LogP contribution in [0.25, 0.3) is 0 Å². The second-order valence-corrected chi connectivity index (χ2v) is 7.27. The number of anilines is 1. The molecule has 1 N–H and O–H groups in total. The van der Waals surface area contributed by atoms with Gasteiger partial charge in [-0.1, -0.05) is 18.2 Å². The number of rotatable bonds is 4.